The molecule has 0 amide bonds. The molecular formula is C24H26BrNOS2. The molecule has 2 aliphatic rings. The van der Waals surface area contributed by atoms with Crippen LogP contribution in [0, 0.1) is 0 Å². The second-order valence-electron chi connectivity index (χ2n) is 7.58. The van der Waals surface area contributed by atoms with Crippen molar-refractivity contribution in [2.24, 2.45) is 0 Å². The summed E-state index contributed by atoms with van der Waals surface area (Å²) in [5, 5.41) is 0.443. The highest BCUT2D eigenvalue weighted by Gasteiger charge is 2.37. The van der Waals surface area contributed by atoms with Gasteiger partial charge in [-0.25, -0.2) is 0 Å². The van der Waals surface area contributed by atoms with Gasteiger partial charge in [0.1, 0.15) is 0 Å². The van der Waals surface area contributed by atoms with Gasteiger partial charge in [-0.15, -0.1) is 11.8 Å². The highest BCUT2D eigenvalue weighted by atomic mass is 79.9. The van der Waals surface area contributed by atoms with Crippen molar-refractivity contribution in [3.63, 3.8) is 0 Å². The second-order valence-corrected chi connectivity index (χ2v) is 10.7. The first-order valence-corrected chi connectivity index (χ1v) is 13.1. The highest BCUT2D eigenvalue weighted by Crippen LogP contribution is 2.50. The van der Waals surface area contributed by atoms with Gasteiger partial charge in [0.25, 0.3) is 0 Å². The predicted molar refractivity (Wildman–Crippen MR) is 130 cm³/mol. The van der Waals surface area contributed by atoms with Crippen molar-refractivity contribution in [1.82, 2.24) is 4.90 Å². The Kier molecular flexibility index (Phi) is 7.22. The number of nitrogens with zero attached hydrogens (tertiary/aromatic N) is 1. The van der Waals surface area contributed by atoms with Crippen LogP contribution < -0.4 is 0 Å². The number of piperidine rings is 1. The molecule has 2 unspecified atom stereocenters. The fourth-order valence-corrected chi connectivity index (χ4v) is 7.21. The number of halogens is 1. The molecule has 0 aromatic heterocycles. The SMILES string of the molecule is CSC1=C(C(=O)c2ccccc2Br)C(c2ccccc2)CC(N2CCCCC2)S1. The monoisotopic (exact) mass is 487 g/mol. The van der Waals surface area contributed by atoms with E-state index < -0.39 is 0 Å². The van der Waals surface area contributed by atoms with Gasteiger partial charge >= 0.3 is 0 Å². The number of hydrogen-bond acceptors (Lipinski definition) is 4. The lowest BCUT2D eigenvalue weighted by atomic mass is 9.84. The summed E-state index contributed by atoms with van der Waals surface area (Å²) in [4.78, 5) is 16.4. The van der Waals surface area contributed by atoms with E-state index in [2.05, 4.69) is 57.4 Å². The summed E-state index contributed by atoms with van der Waals surface area (Å²) in [6.07, 6.45) is 7.01. The Bertz CT molecular complexity index is 893. The van der Waals surface area contributed by atoms with Crippen molar-refractivity contribution >= 4 is 45.2 Å². The molecule has 29 heavy (non-hydrogen) atoms. The molecule has 2 heterocycles. The van der Waals surface area contributed by atoms with Crippen LogP contribution in [0.3, 0.4) is 0 Å². The van der Waals surface area contributed by atoms with E-state index in [1.165, 1.54) is 42.2 Å². The van der Waals surface area contributed by atoms with Crippen LogP contribution in [0.5, 0.6) is 0 Å². The minimum atomic E-state index is 0.131. The lowest BCUT2D eigenvalue weighted by molar-refractivity contribution is 0.102. The van der Waals surface area contributed by atoms with E-state index in [0.29, 0.717) is 5.37 Å². The van der Waals surface area contributed by atoms with Gasteiger partial charge in [-0.1, -0.05) is 76.6 Å². The Morgan fingerprint density at radius 1 is 1.03 bits per heavy atom. The third-order valence-corrected chi connectivity index (χ3v) is 9.06. The first-order chi connectivity index (χ1) is 14.2. The molecule has 0 saturated carbocycles. The molecule has 2 aliphatic heterocycles. The van der Waals surface area contributed by atoms with E-state index in [1.54, 1.807) is 11.8 Å². The predicted octanol–water partition coefficient (Wildman–Crippen LogP) is 6.94. The normalized spacial score (nSPS) is 23.2. The van der Waals surface area contributed by atoms with Gasteiger partial charge in [-0.2, -0.15) is 0 Å². The molecule has 152 valence electrons. The average molecular weight is 489 g/mol. The van der Waals surface area contributed by atoms with Gasteiger partial charge < -0.3 is 0 Å². The number of hydrogen-bond donors (Lipinski definition) is 0. The number of carbonyl (C=O) groups excluding carboxylic acids is 1. The summed E-state index contributed by atoms with van der Waals surface area (Å²) in [5.74, 6) is 0.284. The third kappa shape index (κ3) is 4.68. The van der Waals surface area contributed by atoms with Gasteiger partial charge in [0.15, 0.2) is 5.78 Å². The third-order valence-electron chi connectivity index (χ3n) is 5.80. The van der Waals surface area contributed by atoms with Crippen molar-refractivity contribution in [3.05, 3.63) is 80.0 Å². The van der Waals surface area contributed by atoms with E-state index in [1.807, 2.05) is 36.0 Å². The van der Waals surface area contributed by atoms with Crippen LogP contribution in [0.25, 0.3) is 0 Å². The second kappa shape index (κ2) is 9.86. The van der Waals surface area contributed by atoms with E-state index in [0.717, 1.165) is 22.0 Å². The smallest absolute Gasteiger partial charge is 0.192 e. The molecule has 0 N–H and O–H groups in total. The van der Waals surface area contributed by atoms with E-state index in [4.69, 9.17) is 0 Å². The number of rotatable bonds is 5. The molecule has 2 aromatic carbocycles. The van der Waals surface area contributed by atoms with Crippen molar-refractivity contribution in [2.75, 3.05) is 19.3 Å². The van der Waals surface area contributed by atoms with Gasteiger partial charge in [-0.05, 0) is 56.3 Å². The molecule has 2 aromatic rings. The summed E-state index contributed by atoms with van der Waals surface area (Å²) < 4.78 is 2.05. The molecule has 1 fully saturated rings. The van der Waals surface area contributed by atoms with Crippen molar-refractivity contribution in [1.29, 1.82) is 0 Å². The first kappa shape index (κ1) is 21.2. The van der Waals surface area contributed by atoms with Crippen LogP contribution in [0.15, 0.2) is 68.9 Å². The van der Waals surface area contributed by atoms with Crippen LogP contribution in [-0.4, -0.2) is 35.4 Å². The first-order valence-electron chi connectivity index (χ1n) is 10.2. The maximum atomic E-state index is 13.7. The fourth-order valence-electron chi connectivity index (χ4n) is 4.31. The minimum absolute atomic E-state index is 0.131. The number of allylic oxidation sites excluding steroid dienone is 1. The quantitative estimate of drug-likeness (QED) is 0.425. The summed E-state index contributed by atoms with van der Waals surface area (Å²) in [6.45, 7) is 2.35. The molecule has 4 rings (SSSR count). The summed E-state index contributed by atoms with van der Waals surface area (Å²) in [5.41, 5.74) is 2.97. The van der Waals surface area contributed by atoms with Gasteiger partial charge in [0.05, 0.1) is 5.37 Å². The lowest BCUT2D eigenvalue weighted by Gasteiger charge is -2.40. The Hall–Kier alpha value is -1.01. The average Bonchev–Trinajstić information content (AvgIpc) is 2.79. The van der Waals surface area contributed by atoms with Gasteiger partial charge in [0.2, 0.25) is 0 Å². The van der Waals surface area contributed by atoms with E-state index in [-0.39, 0.29) is 11.7 Å². The number of likely N-dealkylation sites (tertiary alicyclic amines) is 1. The largest absolute Gasteiger partial charge is 0.291 e. The van der Waals surface area contributed by atoms with E-state index >= 15 is 0 Å². The maximum absolute atomic E-state index is 13.7. The van der Waals surface area contributed by atoms with Crippen LogP contribution >= 0.6 is 39.5 Å². The summed E-state index contributed by atoms with van der Waals surface area (Å²) in [6, 6.07) is 18.4. The Morgan fingerprint density at radius 2 is 1.72 bits per heavy atom. The van der Waals surface area contributed by atoms with Crippen LogP contribution in [-0.2, 0) is 0 Å². The lowest BCUT2D eigenvalue weighted by Crippen LogP contribution is -2.40. The highest BCUT2D eigenvalue weighted by molar-refractivity contribution is 9.10. The van der Waals surface area contributed by atoms with Gasteiger partial charge in [0, 0.05) is 25.8 Å². The van der Waals surface area contributed by atoms with Crippen molar-refractivity contribution < 1.29 is 4.79 Å². The Balaban J connectivity index is 1.76. The summed E-state index contributed by atoms with van der Waals surface area (Å²) in [7, 11) is 0. The Morgan fingerprint density at radius 3 is 2.41 bits per heavy atom. The molecule has 0 radical (unpaired) electrons. The zero-order valence-electron chi connectivity index (χ0n) is 16.6. The molecule has 0 bridgehead atoms. The molecule has 5 heteroatoms. The van der Waals surface area contributed by atoms with Gasteiger partial charge in [-0.3, -0.25) is 9.69 Å². The zero-order chi connectivity index (χ0) is 20.2. The molecular weight excluding hydrogens is 462 g/mol. The maximum Gasteiger partial charge on any atom is 0.192 e. The topological polar surface area (TPSA) is 20.3 Å². The number of thioether (sulfide) groups is 2. The molecule has 2 atom stereocenters. The molecule has 2 nitrogen and oxygen atoms in total. The number of carbonyl (C=O) groups is 1. The van der Waals surface area contributed by atoms with E-state index in [9.17, 15) is 4.79 Å². The number of ketones is 1. The number of benzene rings is 2. The number of Topliss-reactive ketones (excluding diaryl/α,β-unsaturated/α-hetero) is 1. The van der Waals surface area contributed by atoms with Crippen LogP contribution in [0.1, 0.15) is 47.5 Å². The van der Waals surface area contributed by atoms with Crippen molar-refractivity contribution in [2.45, 2.75) is 37.0 Å². The fraction of sp³-hybridized carbons (Fsp3) is 0.375. The minimum Gasteiger partial charge on any atom is -0.291 e. The zero-order valence-corrected chi connectivity index (χ0v) is 19.9. The molecule has 1 saturated heterocycles. The molecule has 0 aliphatic carbocycles. The van der Waals surface area contributed by atoms with Crippen molar-refractivity contribution in [3.8, 4) is 0 Å². The van der Waals surface area contributed by atoms with Crippen LogP contribution in [0.4, 0.5) is 0 Å². The molecule has 0 spiro atoms. The summed E-state index contributed by atoms with van der Waals surface area (Å²) >= 11 is 7.23. The standard InChI is InChI=1S/C24H26BrNOS2/c1-28-24-22(23(27)18-12-6-7-13-20(18)25)19(17-10-4-2-5-11-17)16-21(29-24)26-14-8-3-9-15-26/h2,4-7,10-13,19,21H,3,8-9,14-16H2,1H3. The Labute approximate surface area is 190 Å². The van der Waals surface area contributed by atoms with Crippen LogP contribution in [0.2, 0.25) is 0 Å².